The van der Waals surface area contributed by atoms with Crippen LogP contribution in [0.1, 0.15) is 26.5 Å². The molecular formula is C12H22N2O4S. The van der Waals surface area contributed by atoms with Crippen molar-refractivity contribution < 1.29 is 17.6 Å². The van der Waals surface area contributed by atoms with Crippen molar-refractivity contribution in [3.8, 4) is 0 Å². The molecule has 0 aliphatic carbocycles. The maximum atomic E-state index is 12.1. The van der Waals surface area contributed by atoms with Crippen LogP contribution in [0.25, 0.3) is 0 Å². The van der Waals surface area contributed by atoms with Crippen LogP contribution in [0.3, 0.4) is 0 Å². The van der Waals surface area contributed by atoms with Gasteiger partial charge in [-0.05, 0) is 25.0 Å². The van der Waals surface area contributed by atoms with Crippen LogP contribution in [0, 0.1) is 5.92 Å². The Hall–Kier alpha value is -0.890. The minimum absolute atomic E-state index is 0.116. The molecule has 1 unspecified atom stereocenters. The molecule has 0 aromatic carbocycles. The van der Waals surface area contributed by atoms with Gasteiger partial charge in [-0.2, -0.15) is 0 Å². The van der Waals surface area contributed by atoms with Crippen molar-refractivity contribution in [2.24, 2.45) is 11.7 Å². The molecule has 0 spiro atoms. The predicted molar refractivity (Wildman–Crippen MR) is 72.0 cm³/mol. The Morgan fingerprint density at radius 3 is 2.58 bits per heavy atom. The largest absolute Gasteiger partial charge is 0.447 e. The van der Waals surface area contributed by atoms with Crippen molar-refractivity contribution in [2.45, 2.75) is 38.5 Å². The highest BCUT2D eigenvalue weighted by atomic mass is 32.2. The fraction of sp³-hybridized carbons (Fsp3) is 0.667. The lowest BCUT2D eigenvalue weighted by Crippen LogP contribution is -2.41. The smallest absolute Gasteiger partial charge is 0.274 e. The molecular weight excluding hydrogens is 268 g/mol. The zero-order chi connectivity index (χ0) is 14.5. The number of sulfonamides is 1. The standard InChI is InChI=1S/C12H22N2O4S/c1-4-17-8-11(9(2)3)14-19(15,16)12-6-5-10(7-13)18-12/h5-6,9,11,14H,4,7-8,13H2,1-3H3. The van der Waals surface area contributed by atoms with Crippen LogP contribution in [-0.2, 0) is 21.3 Å². The monoisotopic (exact) mass is 290 g/mol. The Morgan fingerprint density at radius 2 is 2.11 bits per heavy atom. The van der Waals surface area contributed by atoms with Crippen LogP contribution in [0.5, 0.6) is 0 Å². The molecule has 3 N–H and O–H groups in total. The minimum atomic E-state index is -3.68. The first kappa shape index (κ1) is 16.2. The summed E-state index contributed by atoms with van der Waals surface area (Å²) < 4.78 is 37.3. The summed E-state index contributed by atoms with van der Waals surface area (Å²) in [6, 6.07) is 2.67. The van der Waals surface area contributed by atoms with Gasteiger partial charge in [-0.25, -0.2) is 13.1 Å². The molecule has 0 fully saturated rings. The number of nitrogens with one attached hydrogen (secondary N) is 1. The van der Waals surface area contributed by atoms with E-state index in [4.69, 9.17) is 14.9 Å². The molecule has 0 aliphatic heterocycles. The van der Waals surface area contributed by atoms with Crippen LogP contribution in [0.4, 0.5) is 0 Å². The van der Waals surface area contributed by atoms with Crippen LogP contribution in [-0.4, -0.2) is 27.7 Å². The van der Waals surface area contributed by atoms with Crippen molar-refractivity contribution in [3.63, 3.8) is 0 Å². The molecule has 1 heterocycles. The summed E-state index contributed by atoms with van der Waals surface area (Å²) in [6.07, 6.45) is 0. The van der Waals surface area contributed by atoms with E-state index in [0.717, 1.165) is 0 Å². The van der Waals surface area contributed by atoms with E-state index in [1.54, 1.807) is 6.07 Å². The molecule has 0 aliphatic rings. The van der Waals surface area contributed by atoms with Gasteiger partial charge in [0.1, 0.15) is 5.76 Å². The summed E-state index contributed by atoms with van der Waals surface area (Å²) in [7, 11) is -3.68. The third kappa shape index (κ3) is 4.61. The summed E-state index contributed by atoms with van der Waals surface area (Å²) in [6.45, 7) is 6.77. The first-order valence-corrected chi connectivity index (χ1v) is 7.77. The molecule has 1 aromatic rings. The molecule has 6 nitrogen and oxygen atoms in total. The van der Waals surface area contributed by atoms with Gasteiger partial charge >= 0.3 is 0 Å². The van der Waals surface area contributed by atoms with Gasteiger partial charge in [0.05, 0.1) is 13.2 Å². The second kappa shape index (κ2) is 7.04. The Bertz CT molecular complexity index is 482. The SMILES string of the molecule is CCOCC(NS(=O)(=O)c1ccc(CN)o1)C(C)C. The predicted octanol–water partition coefficient (Wildman–Crippen LogP) is 1.08. The molecule has 0 saturated carbocycles. The molecule has 1 atom stereocenters. The number of nitrogens with two attached hydrogens (primary N) is 1. The Morgan fingerprint density at radius 1 is 1.42 bits per heavy atom. The molecule has 0 amide bonds. The molecule has 1 rings (SSSR count). The van der Waals surface area contributed by atoms with E-state index in [-0.39, 0.29) is 23.6 Å². The van der Waals surface area contributed by atoms with Crippen molar-refractivity contribution in [3.05, 3.63) is 17.9 Å². The fourth-order valence-corrected chi connectivity index (χ4v) is 2.80. The van der Waals surface area contributed by atoms with Crippen LogP contribution in [0.15, 0.2) is 21.6 Å². The maximum Gasteiger partial charge on any atom is 0.274 e. The van der Waals surface area contributed by atoms with E-state index in [0.29, 0.717) is 19.0 Å². The lowest BCUT2D eigenvalue weighted by atomic mass is 10.1. The van der Waals surface area contributed by atoms with Crippen LogP contribution < -0.4 is 10.5 Å². The topological polar surface area (TPSA) is 94.6 Å². The van der Waals surface area contributed by atoms with Gasteiger partial charge < -0.3 is 14.9 Å². The van der Waals surface area contributed by atoms with Gasteiger partial charge in [0.25, 0.3) is 10.0 Å². The van der Waals surface area contributed by atoms with Gasteiger partial charge in [-0.1, -0.05) is 13.8 Å². The molecule has 0 saturated heterocycles. The van der Waals surface area contributed by atoms with Gasteiger partial charge in [-0.15, -0.1) is 0 Å². The van der Waals surface area contributed by atoms with E-state index in [9.17, 15) is 8.42 Å². The van der Waals surface area contributed by atoms with E-state index >= 15 is 0 Å². The van der Waals surface area contributed by atoms with Crippen molar-refractivity contribution in [2.75, 3.05) is 13.2 Å². The number of ether oxygens (including phenoxy) is 1. The molecule has 19 heavy (non-hydrogen) atoms. The first-order valence-electron chi connectivity index (χ1n) is 6.29. The van der Waals surface area contributed by atoms with Crippen LogP contribution >= 0.6 is 0 Å². The van der Waals surface area contributed by atoms with Gasteiger partial charge in [0.15, 0.2) is 0 Å². The molecule has 110 valence electrons. The van der Waals surface area contributed by atoms with Crippen molar-refractivity contribution in [1.29, 1.82) is 0 Å². The van der Waals surface area contributed by atoms with Gasteiger partial charge in [-0.3, -0.25) is 0 Å². The summed E-state index contributed by atoms with van der Waals surface area (Å²) in [5.74, 6) is 0.552. The minimum Gasteiger partial charge on any atom is -0.447 e. The summed E-state index contributed by atoms with van der Waals surface area (Å²) in [5, 5.41) is -0.116. The molecule has 1 aromatic heterocycles. The summed E-state index contributed by atoms with van der Waals surface area (Å²) >= 11 is 0. The van der Waals surface area contributed by atoms with Crippen LogP contribution in [0.2, 0.25) is 0 Å². The molecule has 0 radical (unpaired) electrons. The van der Waals surface area contributed by atoms with E-state index in [2.05, 4.69) is 4.72 Å². The van der Waals surface area contributed by atoms with Gasteiger partial charge in [0, 0.05) is 12.6 Å². The third-order valence-corrected chi connectivity index (χ3v) is 4.08. The Kier molecular flexibility index (Phi) is 5.99. The lowest BCUT2D eigenvalue weighted by molar-refractivity contribution is 0.116. The zero-order valence-corrected chi connectivity index (χ0v) is 12.4. The first-order chi connectivity index (χ1) is 8.90. The van der Waals surface area contributed by atoms with E-state index in [1.807, 2.05) is 20.8 Å². The van der Waals surface area contributed by atoms with Gasteiger partial charge in [0.2, 0.25) is 5.09 Å². The van der Waals surface area contributed by atoms with E-state index < -0.39 is 10.0 Å². The second-order valence-corrected chi connectivity index (χ2v) is 6.20. The number of rotatable bonds is 8. The average Bonchev–Trinajstić information content (AvgIpc) is 2.83. The summed E-state index contributed by atoms with van der Waals surface area (Å²) in [5.41, 5.74) is 5.39. The summed E-state index contributed by atoms with van der Waals surface area (Å²) in [4.78, 5) is 0. The quantitative estimate of drug-likeness (QED) is 0.747. The average molecular weight is 290 g/mol. The van der Waals surface area contributed by atoms with E-state index in [1.165, 1.54) is 6.07 Å². The maximum absolute atomic E-state index is 12.1. The lowest BCUT2D eigenvalue weighted by Gasteiger charge is -2.21. The number of hydrogen-bond donors (Lipinski definition) is 2. The highest BCUT2D eigenvalue weighted by molar-refractivity contribution is 7.89. The highest BCUT2D eigenvalue weighted by Gasteiger charge is 2.25. The number of furan rings is 1. The van der Waals surface area contributed by atoms with Crippen molar-refractivity contribution in [1.82, 2.24) is 4.72 Å². The highest BCUT2D eigenvalue weighted by Crippen LogP contribution is 2.15. The Balaban J connectivity index is 2.81. The third-order valence-electron chi connectivity index (χ3n) is 2.72. The zero-order valence-electron chi connectivity index (χ0n) is 11.5. The molecule has 7 heteroatoms. The number of hydrogen-bond acceptors (Lipinski definition) is 5. The Labute approximate surface area is 114 Å². The molecule has 0 bridgehead atoms. The normalized spacial score (nSPS) is 13.9. The fourth-order valence-electron chi connectivity index (χ4n) is 1.48. The second-order valence-electron chi connectivity index (χ2n) is 4.56. The van der Waals surface area contributed by atoms with Crippen molar-refractivity contribution >= 4 is 10.0 Å².